The van der Waals surface area contributed by atoms with Crippen LogP contribution in [0.1, 0.15) is 12.8 Å². The Labute approximate surface area is 114 Å². The first-order valence-electron chi connectivity index (χ1n) is 5.82. The summed E-state index contributed by atoms with van der Waals surface area (Å²) in [6, 6.07) is 4.37. The van der Waals surface area contributed by atoms with Crippen molar-refractivity contribution in [1.82, 2.24) is 4.98 Å². The summed E-state index contributed by atoms with van der Waals surface area (Å²) in [4.78, 5) is 14.4. The lowest BCUT2D eigenvalue weighted by molar-refractivity contribution is -0.384. The Kier molecular flexibility index (Phi) is 4.39. The van der Waals surface area contributed by atoms with Crippen molar-refractivity contribution in [2.45, 2.75) is 12.7 Å². The summed E-state index contributed by atoms with van der Waals surface area (Å²) >= 11 is 1.61. The Morgan fingerprint density at radius 1 is 1.58 bits per heavy atom. The standard InChI is InChI=1S/C12H14N2O4S/c1-8(5-15)6-19-7-12-13-10-4-9(14(16)17)2-3-11(10)18-12/h2-4,8,15H,5-7H2,1H3. The van der Waals surface area contributed by atoms with E-state index in [0.717, 1.165) is 5.75 Å². The third-order valence-corrected chi connectivity index (χ3v) is 3.82. The highest BCUT2D eigenvalue weighted by molar-refractivity contribution is 7.98. The summed E-state index contributed by atoms with van der Waals surface area (Å²) in [5.41, 5.74) is 1.06. The van der Waals surface area contributed by atoms with Gasteiger partial charge in [0, 0.05) is 18.7 Å². The minimum Gasteiger partial charge on any atom is -0.440 e. The van der Waals surface area contributed by atoms with E-state index in [9.17, 15) is 10.1 Å². The minimum absolute atomic E-state index is 0.00825. The molecule has 102 valence electrons. The lowest BCUT2D eigenvalue weighted by atomic mass is 10.2. The van der Waals surface area contributed by atoms with E-state index < -0.39 is 4.92 Å². The van der Waals surface area contributed by atoms with Crippen molar-refractivity contribution in [3.8, 4) is 0 Å². The number of aliphatic hydroxyl groups excluding tert-OH is 1. The van der Waals surface area contributed by atoms with Crippen LogP contribution in [-0.4, -0.2) is 27.4 Å². The van der Waals surface area contributed by atoms with Gasteiger partial charge in [0.2, 0.25) is 5.89 Å². The fourth-order valence-electron chi connectivity index (χ4n) is 1.54. The van der Waals surface area contributed by atoms with Crippen molar-refractivity contribution in [3.63, 3.8) is 0 Å². The quantitative estimate of drug-likeness (QED) is 0.647. The van der Waals surface area contributed by atoms with Gasteiger partial charge >= 0.3 is 0 Å². The molecule has 1 atom stereocenters. The van der Waals surface area contributed by atoms with Gasteiger partial charge in [-0.3, -0.25) is 10.1 Å². The molecule has 0 radical (unpaired) electrons. The van der Waals surface area contributed by atoms with Crippen molar-refractivity contribution >= 4 is 28.5 Å². The van der Waals surface area contributed by atoms with E-state index in [2.05, 4.69) is 4.98 Å². The maximum Gasteiger partial charge on any atom is 0.271 e. The highest BCUT2D eigenvalue weighted by Crippen LogP contribution is 2.23. The molecule has 2 rings (SSSR count). The zero-order valence-corrected chi connectivity index (χ0v) is 11.2. The normalized spacial score (nSPS) is 12.7. The number of hydrogen-bond donors (Lipinski definition) is 1. The number of aliphatic hydroxyl groups is 1. The number of thioether (sulfide) groups is 1. The van der Waals surface area contributed by atoms with Crippen molar-refractivity contribution in [2.24, 2.45) is 5.92 Å². The molecule has 1 unspecified atom stereocenters. The Morgan fingerprint density at radius 3 is 3.05 bits per heavy atom. The van der Waals surface area contributed by atoms with Crippen LogP contribution in [0.2, 0.25) is 0 Å². The molecule has 7 heteroatoms. The van der Waals surface area contributed by atoms with Gasteiger partial charge in [-0.05, 0) is 17.7 Å². The maximum atomic E-state index is 10.7. The van der Waals surface area contributed by atoms with Crippen LogP contribution < -0.4 is 0 Å². The average Bonchev–Trinajstić information content (AvgIpc) is 2.79. The van der Waals surface area contributed by atoms with Gasteiger partial charge in [0.1, 0.15) is 5.52 Å². The highest BCUT2D eigenvalue weighted by Gasteiger charge is 2.11. The number of nitro benzene ring substituents is 1. The number of rotatable bonds is 6. The molecule has 1 N–H and O–H groups in total. The van der Waals surface area contributed by atoms with E-state index in [0.29, 0.717) is 22.7 Å². The minimum atomic E-state index is -0.453. The molecule has 1 heterocycles. The molecule has 0 fully saturated rings. The Bertz CT molecular complexity index is 584. The van der Waals surface area contributed by atoms with E-state index >= 15 is 0 Å². The molecule has 6 nitrogen and oxygen atoms in total. The van der Waals surface area contributed by atoms with E-state index in [1.165, 1.54) is 12.1 Å². The maximum absolute atomic E-state index is 10.7. The number of non-ortho nitro benzene ring substituents is 1. The van der Waals surface area contributed by atoms with Gasteiger partial charge in [-0.15, -0.1) is 0 Å². The van der Waals surface area contributed by atoms with Gasteiger partial charge in [0.05, 0.1) is 10.7 Å². The largest absolute Gasteiger partial charge is 0.440 e. The van der Waals surface area contributed by atoms with Crippen molar-refractivity contribution in [1.29, 1.82) is 0 Å². The molecule has 0 bridgehead atoms. The molecule has 0 saturated carbocycles. The zero-order valence-electron chi connectivity index (χ0n) is 10.4. The third-order valence-electron chi connectivity index (χ3n) is 2.57. The molecule has 1 aromatic heterocycles. The Balaban J connectivity index is 2.07. The second kappa shape index (κ2) is 6.03. The molecular weight excluding hydrogens is 268 g/mol. The second-order valence-electron chi connectivity index (χ2n) is 4.32. The number of oxazole rings is 1. The summed E-state index contributed by atoms with van der Waals surface area (Å²) < 4.78 is 5.50. The van der Waals surface area contributed by atoms with Gasteiger partial charge in [-0.2, -0.15) is 11.8 Å². The van der Waals surface area contributed by atoms with Gasteiger partial charge in [-0.1, -0.05) is 6.92 Å². The fraction of sp³-hybridized carbons (Fsp3) is 0.417. The topological polar surface area (TPSA) is 89.4 Å². The molecule has 0 aliphatic carbocycles. The number of nitro groups is 1. The summed E-state index contributed by atoms with van der Waals surface area (Å²) in [5, 5.41) is 19.6. The predicted octanol–water partition coefficient (Wildman–Crippen LogP) is 2.60. The van der Waals surface area contributed by atoms with Crippen molar-refractivity contribution < 1.29 is 14.4 Å². The Hall–Kier alpha value is -1.60. The van der Waals surface area contributed by atoms with Crippen LogP contribution in [0.25, 0.3) is 11.1 Å². The average molecular weight is 282 g/mol. The molecule has 0 aliphatic rings. The van der Waals surface area contributed by atoms with Crippen LogP contribution in [0, 0.1) is 16.0 Å². The lowest BCUT2D eigenvalue weighted by Gasteiger charge is -2.04. The summed E-state index contributed by atoms with van der Waals surface area (Å²) in [7, 11) is 0. The molecule has 2 aromatic rings. The predicted molar refractivity (Wildman–Crippen MR) is 73.1 cm³/mol. The molecule has 0 amide bonds. The van der Waals surface area contributed by atoms with Crippen LogP contribution in [0.4, 0.5) is 5.69 Å². The molecule has 1 aromatic carbocycles. The van der Waals surface area contributed by atoms with E-state index in [-0.39, 0.29) is 18.2 Å². The van der Waals surface area contributed by atoms with E-state index in [1.54, 1.807) is 17.8 Å². The first-order valence-corrected chi connectivity index (χ1v) is 6.98. The molecule has 0 saturated heterocycles. The van der Waals surface area contributed by atoms with Gasteiger partial charge < -0.3 is 9.52 Å². The van der Waals surface area contributed by atoms with Crippen molar-refractivity contribution in [3.05, 3.63) is 34.2 Å². The number of aromatic nitrogens is 1. The molecule has 0 spiro atoms. The smallest absolute Gasteiger partial charge is 0.271 e. The van der Waals surface area contributed by atoms with Gasteiger partial charge in [0.15, 0.2) is 5.58 Å². The molecule has 0 aliphatic heterocycles. The van der Waals surface area contributed by atoms with Crippen molar-refractivity contribution in [2.75, 3.05) is 12.4 Å². The summed E-state index contributed by atoms with van der Waals surface area (Å²) in [6.07, 6.45) is 0. The van der Waals surface area contributed by atoms with Crippen LogP contribution >= 0.6 is 11.8 Å². The van der Waals surface area contributed by atoms with Crippen LogP contribution in [0.15, 0.2) is 22.6 Å². The molecular formula is C12H14N2O4S. The number of hydrogen-bond acceptors (Lipinski definition) is 6. The number of fused-ring (bicyclic) bond motifs is 1. The SMILES string of the molecule is CC(CO)CSCc1nc2cc([N+](=O)[O-])ccc2o1. The monoisotopic (exact) mass is 282 g/mol. The summed E-state index contributed by atoms with van der Waals surface area (Å²) in [6.45, 7) is 2.12. The fourth-order valence-corrected chi connectivity index (χ4v) is 2.46. The highest BCUT2D eigenvalue weighted by atomic mass is 32.2. The van der Waals surface area contributed by atoms with Crippen LogP contribution in [-0.2, 0) is 5.75 Å². The third kappa shape index (κ3) is 3.45. The summed E-state index contributed by atoms with van der Waals surface area (Å²) in [5.74, 6) is 2.18. The zero-order chi connectivity index (χ0) is 13.8. The van der Waals surface area contributed by atoms with E-state index in [1.807, 2.05) is 6.92 Å². The number of benzene rings is 1. The molecule has 19 heavy (non-hydrogen) atoms. The number of nitrogens with zero attached hydrogens (tertiary/aromatic N) is 2. The lowest BCUT2D eigenvalue weighted by Crippen LogP contribution is -2.03. The van der Waals surface area contributed by atoms with Gasteiger partial charge in [-0.25, -0.2) is 4.98 Å². The first kappa shape index (κ1) is 13.8. The van der Waals surface area contributed by atoms with Crippen LogP contribution in [0.3, 0.4) is 0 Å². The van der Waals surface area contributed by atoms with E-state index in [4.69, 9.17) is 9.52 Å². The second-order valence-corrected chi connectivity index (χ2v) is 5.35. The van der Waals surface area contributed by atoms with Crippen LogP contribution in [0.5, 0.6) is 0 Å². The first-order chi connectivity index (χ1) is 9.10. The van der Waals surface area contributed by atoms with Gasteiger partial charge in [0.25, 0.3) is 5.69 Å². The Morgan fingerprint density at radius 2 is 2.37 bits per heavy atom.